The molecule has 134 valence electrons. The minimum Gasteiger partial charge on any atom is -0.337 e. The van der Waals surface area contributed by atoms with E-state index in [1.165, 1.54) is 10.5 Å². The van der Waals surface area contributed by atoms with Crippen LogP contribution in [0.3, 0.4) is 0 Å². The molecule has 3 rings (SSSR count). The fraction of sp³-hybridized carbons (Fsp3) is 0.500. The zero-order valence-corrected chi connectivity index (χ0v) is 16.3. The van der Waals surface area contributed by atoms with Gasteiger partial charge in [-0.25, -0.2) is 0 Å². The Morgan fingerprint density at radius 3 is 2.56 bits per heavy atom. The number of rotatable bonds is 4. The Morgan fingerprint density at radius 2 is 1.96 bits per heavy atom. The molecule has 1 saturated heterocycles. The summed E-state index contributed by atoms with van der Waals surface area (Å²) in [7, 11) is 1.86. The second-order valence-electron chi connectivity index (χ2n) is 7.16. The first-order chi connectivity index (χ1) is 11.9. The van der Waals surface area contributed by atoms with Crippen molar-refractivity contribution in [3.63, 3.8) is 0 Å². The van der Waals surface area contributed by atoms with E-state index in [9.17, 15) is 4.79 Å². The molecular weight excluding hydrogens is 330 g/mol. The van der Waals surface area contributed by atoms with E-state index >= 15 is 0 Å². The number of nitrogens with zero attached hydrogens (tertiary/aromatic N) is 3. The normalized spacial score (nSPS) is 15.8. The molecule has 1 amide bonds. The highest BCUT2D eigenvalue weighted by atomic mass is 32.2. The zero-order valence-electron chi connectivity index (χ0n) is 15.5. The third kappa shape index (κ3) is 4.27. The summed E-state index contributed by atoms with van der Waals surface area (Å²) in [5.74, 6) is 0.449. The molecule has 1 aromatic heterocycles. The molecule has 0 bridgehead atoms. The molecule has 1 aromatic carbocycles. The summed E-state index contributed by atoms with van der Waals surface area (Å²) >= 11 is 1.94. The van der Waals surface area contributed by atoms with Crippen LogP contribution in [0.1, 0.15) is 54.4 Å². The molecule has 25 heavy (non-hydrogen) atoms. The molecule has 4 nitrogen and oxygen atoms in total. The minimum atomic E-state index is 0.112. The maximum atomic E-state index is 12.8. The molecule has 1 aliphatic heterocycles. The largest absolute Gasteiger partial charge is 0.337 e. The summed E-state index contributed by atoms with van der Waals surface area (Å²) < 4.78 is 1.73. The van der Waals surface area contributed by atoms with Gasteiger partial charge in [0, 0.05) is 30.3 Å². The Balaban J connectivity index is 1.59. The van der Waals surface area contributed by atoms with Gasteiger partial charge in [0.05, 0.1) is 5.69 Å². The third-order valence-electron chi connectivity index (χ3n) is 4.73. The van der Waals surface area contributed by atoms with Gasteiger partial charge < -0.3 is 4.90 Å². The number of carbonyl (C=O) groups is 1. The summed E-state index contributed by atoms with van der Waals surface area (Å²) in [5.41, 5.74) is 2.99. The van der Waals surface area contributed by atoms with Crippen LogP contribution in [0.5, 0.6) is 0 Å². The Bertz CT molecular complexity index is 745. The fourth-order valence-electron chi connectivity index (χ4n) is 3.19. The maximum absolute atomic E-state index is 12.8. The molecule has 1 fully saturated rings. The molecule has 0 atom stereocenters. The molecule has 0 saturated carbocycles. The van der Waals surface area contributed by atoms with E-state index in [4.69, 9.17) is 0 Å². The highest BCUT2D eigenvalue weighted by Gasteiger charge is 2.26. The number of likely N-dealkylation sites (tertiary alicyclic amines) is 1. The van der Waals surface area contributed by atoms with Crippen molar-refractivity contribution >= 4 is 17.7 Å². The molecule has 0 N–H and O–H groups in total. The lowest BCUT2D eigenvalue weighted by molar-refractivity contribution is 0.0716. The predicted octanol–water partition coefficient (Wildman–Crippen LogP) is 4.25. The lowest BCUT2D eigenvalue weighted by Crippen LogP contribution is -2.40. The molecule has 0 aliphatic carbocycles. The Morgan fingerprint density at radius 1 is 1.24 bits per heavy atom. The summed E-state index contributed by atoms with van der Waals surface area (Å²) in [5, 5.41) is 5.06. The first kappa shape index (κ1) is 18.1. The molecule has 0 spiro atoms. The van der Waals surface area contributed by atoms with Gasteiger partial charge in [-0.15, -0.1) is 11.8 Å². The van der Waals surface area contributed by atoms with Crippen molar-refractivity contribution in [3.05, 3.63) is 47.3 Å². The summed E-state index contributed by atoms with van der Waals surface area (Å²) in [6.45, 7) is 7.98. The molecule has 2 heterocycles. The van der Waals surface area contributed by atoms with Crippen molar-refractivity contribution in [1.29, 1.82) is 0 Å². The Labute approximate surface area is 154 Å². The first-order valence-electron chi connectivity index (χ1n) is 9.00. The average molecular weight is 358 g/mol. The van der Waals surface area contributed by atoms with Gasteiger partial charge >= 0.3 is 0 Å². The monoisotopic (exact) mass is 357 g/mol. The molecule has 1 aliphatic rings. The predicted molar refractivity (Wildman–Crippen MR) is 103 cm³/mol. The van der Waals surface area contributed by atoms with Crippen LogP contribution in [0, 0.1) is 6.92 Å². The van der Waals surface area contributed by atoms with Gasteiger partial charge in [0.1, 0.15) is 5.69 Å². The van der Waals surface area contributed by atoms with E-state index in [1.807, 2.05) is 29.8 Å². The summed E-state index contributed by atoms with van der Waals surface area (Å²) in [6.07, 6.45) is 2.08. The average Bonchev–Trinajstić information content (AvgIpc) is 2.97. The van der Waals surface area contributed by atoms with Crippen molar-refractivity contribution in [2.75, 3.05) is 13.1 Å². The fourth-order valence-corrected chi connectivity index (χ4v) is 4.43. The van der Waals surface area contributed by atoms with Crippen LogP contribution in [-0.4, -0.2) is 38.9 Å². The van der Waals surface area contributed by atoms with Crippen LogP contribution in [-0.2, 0) is 7.05 Å². The van der Waals surface area contributed by atoms with E-state index in [-0.39, 0.29) is 5.91 Å². The maximum Gasteiger partial charge on any atom is 0.272 e. The van der Waals surface area contributed by atoms with Crippen molar-refractivity contribution < 1.29 is 4.79 Å². The van der Waals surface area contributed by atoms with E-state index in [2.05, 4.69) is 50.1 Å². The van der Waals surface area contributed by atoms with Crippen LogP contribution in [0.15, 0.2) is 35.2 Å². The van der Waals surface area contributed by atoms with E-state index in [1.54, 1.807) is 4.68 Å². The highest BCUT2D eigenvalue weighted by molar-refractivity contribution is 8.00. The van der Waals surface area contributed by atoms with Crippen LogP contribution < -0.4 is 0 Å². The standard InChI is InChI=1S/C20H27N3OS/c1-14(2)18-13-19(22(4)21-18)20(24)23-10-8-16(9-11-23)25-17-7-5-6-15(3)12-17/h5-7,12-14,16H,8-11H2,1-4H3. The number of hydrogen-bond acceptors (Lipinski definition) is 3. The van der Waals surface area contributed by atoms with E-state index in [0.29, 0.717) is 16.9 Å². The van der Waals surface area contributed by atoms with Gasteiger partial charge in [0.15, 0.2) is 0 Å². The smallest absolute Gasteiger partial charge is 0.272 e. The van der Waals surface area contributed by atoms with Crippen LogP contribution in [0.2, 0.25) is 0 Å². The van der Waals surface area contributed by atoms with E-state index in [0.717, 1.165) is 31.6 Å². The van der Waals surface area contributed by atoms with Crippen LogP contribution >= 0.6 is 11.8 Å². The Kier molecular flexibility index (Phi) is 5.52. The number of hydrogen-bond donors (Lipinski definition) is 0. The second-order valence-corrected chi connectivity index (χ2v) is 8.53. The van der Waals surface area contributed by atoms with Gasteiger partial charge in [-0.1, -0.05) is 31.5 Å². The van der Waals surface area contributed by atoms with Gasteiger partial charge in [0.2, 0.25) is 0 Å². The van der Waals surface area contributed by atoms with E-state index < -0.39 is 0 Å². The van der Waals surface area contributed by atoms with Gasteiger partial charge in [-0.2, -0.15) is 5.10 Å². The molecule has 5 heteroatoms. The number of aryl methyl sites for hydroxylation is 2. The van der Waals surface area contributed by atoms with Gasteiger partial charge in [0.25, 0.3) is 5.91 Å². The van der Waals surface area contributed by atoms with Gasteiger partial charge in [-0.3, -0.25) is 9.48 Å². The quantitative estimate of drug-likeness (QED) is 0.821. The van der Waals surface area contributed by atoms with Crippen molar-refractivity contribution in [2.45, 2.75) is 49.7 Å². The van der Waals surface area contributed by atoms with Crippen molar-refractivity contribution in [3.8, 4) is 0 Å². The van der Waals surface area contributed by atoms with Crippen LogP contribution in [0.25, 0.3) is 0 Å². The SMILES string of the molecule is Cc1cccc(SC2CCN(C(=O)c3cc(C(C)C)nn3C)CC2)c1. The second kappa shape index (κ2) is 7.65. The van der Waals surface area contributed by atoms with Crippen LogP contribution in [0.4, 0.5) is 0 Å². The topological polar surface area (TPSA) is 38.1 Å². The molecule has 2 aromatic rings. The summed E-state index contributed by atoms with van der Waals surface area (Å²) in [4.78, 5) is 16.1. The number of aromatic nitrogens is 2. The summed E-state index contributed by atoms with van der Waals surface area (Å²) in [6, 6.07) is 10.6. The highest BCUT2D eigenvalue weighted by Crippen LogP contribution is 2.31. The first-order valence-corrected chi connectivity index (χ1v) is 9.88. The lowest BCUT2D eigenvalue weighted by atomic mass is 10.1. The third-order valence-corrected chi connectivity index (χ3v) is 6.06. The molecule has 0 unspecified atom stereocenters. The number of amides is 1. The molecule has 0 radical (unpaired) electrons. The lowest BCUT2D eigenvalue weighted by Gasteiger charge is -2.31. The van der Waals surface area contributed by atoms with Gasteiger partial charge in [-0.05, 0) is 43.9 Å². The number of thioether (sulfide) groups is 1. The molecular formula is C20H27N3OS. The zero-order chi connectivity index (χ0) is 18.0. The van der Waals surface area contributed by atoms with Crippen molar-refractivity contribution in [1.82, 2.24) is 14.7 Å². The van der Waals surface area contributed by atoms with Crippen molar-refractivity contribution in [2.24, 2.45) is 7.05 Å². The minimum absolute atomic E-state index is 0.112. The number of carbonyl (C=O) groups excluding carboxylic acids is 1. The number of benzene rings is 1. The Hall–Kier alpha value is -1.75. The number of piperidine rings is 1.